The van der Waals surface area contributed by atoms with Crippen LogP contribution >= 0.6 is 0 Å². The van der Waals surface area contributed by atoms with Gasteiger partial charge in [0.05, 0.1) is 6.26 Å². The molecular formula is C18H23N3O3. The Balaban J connectivity index is 1.56. The molecule has 2 amide bonds. The zero-order valence-electron chi connectivity index (χ0n) is 13.8. The van der Waals surface area contributed by atoms with Crippen molar-refractivity contribution in [2.24, 2.45) is 0 Å². The molecule has 6 nitrogen and oxygen atoms in total. The highest BCUT2D eigenvalue weighted by Crippen LogP contribution is 2.27. The first-order valence-electron chi connectivity index (χ1n) is 8.30. The second-order valence-electron chi connectivity index (χ2n) is 6.22. The van der Waals surface area contributed by atoms with Gasteiger partial charge in [-0.15, -0.1) is 0 Å². The number of amides is 2. The van der Waals surface area contributed by atoms with Gasteiger partial charge >= 0.3 is 6.03 Å². The van der Waals surface area contributed by atoms with Crippen LogP contribution < -0.4 is 5.32 Å². The number of carbonyl (C=O) groups is 1. The van der Waals surface area contributed by atoms with Crippen LogP contribution in [0.2, 0.25) is 0 Å². The second kappa shape index (κ2) is 7.49. The number of nitrogens with zero attached hydrogens (tertiary/aromatic N) is 2. The van der Waals surface area contributed by atoms with Crippen LogP contribution in [0, 0.1) is 6.92 Å². The van der Waals surface area contributed by atoms with Gasteiger partial charge in [0.25, 0.3) is 0 Å². The van der Waals surface area contributed by atoms with E-state index in [0.717, 1.165) is 30.5 Å². The number of aromatic nitrogens is 1. The highest BCUT2D eigenvalue weighted by Gasteiger charge is 2.31. The molecule has 3 rings (SSSR count). The molecule has 1 saturated heterocycles. The lowest BCUT2D eigenvalue weighted by atomic mass is 10.1. The summed E-state index contributed by atoms with van der Waals surface area (Å²) in [7, 11) is 0. The van der Waals surface area contributed by atoms with E-state index >= 15 is 0 Å². The normalized spacial score (nSPS) is 18.6. The molecule has 0 aromatic carbocycles. The van der Waals surface area contributed by atoms with Gasteiger partial charge in [-0.25, -0.2) is 4.79 Å². The van der Waals surface area contributed by atoms with Gasteiger partial charge in [-0.1, -0.05) is 0 Å². The molecule has 2 atom stereocenters. The monoisotopic (exact) mass is 329 g/mol. The number of pyridine rings is 1. The van der Waals surface area contributed by atoms with Gasteiger partial charge in [0.2, 0.25) is 0 Å². The Kier molecular flexibility index (Phi) is 5.15. The molecule has 3 heterocycles. The van der Waals surface area contributed by atoms with Crippen LogP contribution in [-0.2, 0) is 6.54 Å². The average Bonchev–Trinajstić information content (AvgIpc) is 3.25. The molecule has 6 heteroatoms. The molecule has 0 bridgehead atoms. The van der Waals surface area contributed by atoms with Crippen molar-refractivity contribution in [2.45, 2.75) is 44.9 Å². The Hall–Kier alpha value is -2.34. The number of likely N-dealkylation sites (tertiary alicyclic amines) is 1. The number of hydrogen-bond acceptors (Lipinski definition) is 4. The highest BCUT2D eigenvalue weighted by molar-refractivity contribution is 5.74. The van der Waals surface area contributed by atoms with Gasteiger partial charge in [0.15, 0.2) is 0 Å². The number of aliphatic hydroxyl groups excluding tert-OH is 1. The van der Waals surface area contributed by atoms with Crippen LogP contribution in [-0.4, -0.2) is 33.6 Å². The van der Waals surface area contributed by atoms with Crippen LogP contribution in [0.15, 0.2) is 41.3 Å². The van der Waals surface area contributed by atoms with Gasteiger partial charge < -0.3 is 19.7 Å². The Morgan fingerprint density at radius 3 is 3.17 bits per heavy atom. The first-order chi connectivity index (χ1) is 11.6. The van der Waals surface area contributed by atoms with Crippen LogP contribution in [0.1, 0.15) is 42.3 Å². The van der Waals surface area contributed by atoms with Gasteiger partial charge in [-0.2, -0.15) is 0 Å². The Morgan fingerprint density at radius 2 is 2.42 bits per heavy atom. The van der Waals surface area contributed by atoms with Crippen molar-refractivity contribution in [3.63, 3.8) is 0 Å². The number of nitrogens with one attached hydrogen (secondary N) is 1. The van der Waals surface area contributed by atoms with E-state index in [1.54, 1.807) is 30.8 Å². The minimum atomic E-state index is -0.680. The highest BCUT2D eigenvalue weighted by atomic mass is 16.4. The molecule has 1 aliphatic rings. The maximum absolute atomic E-state index is 12.5. The predicted octanol–water partition coefficient (Wildman–Crippen LogP) is 2.78. The van der Waals surface area contributed by atoms with Crippen molar-refractivity contribution in [1.29, 1.82) is 0 Å². The standard InChI is InChI=1S/C18H23N3O3/c1-13-11-19-7-6-14(13)12-20-18(23)21-8-2-4-15(21)10-16(22)17-5-3-9-24-17/h3,5-7,9,11,15-16,22H,2,4,8,10,12H2,1H3,(H,20,23)/t15-,16+/m1/s1. The molecule has 2 N–H and O–H groups in total. The third kappa shape index (κ3) is 3.76. The second-order valence-corrected chi connectivity index (χ2v) is 6.22. The Morgan fingerprint density at radius 1 is 1.54 bits per heavy atom. The molecule has 24 heavy (non-hydrogen) atoms. The molecule has 1 fully saturated rings. The third-order valence-corrected chi connectivity index (χ3v) is 4.57. The van der Waals surface area contributed by atoms with Crippen LogP contribution in [0.25, 0.3) is 0 Å². The van der Waals surface area contributed by atoms with Gasteiger partial charge in [0, 0.05) is 37.9 Å². The molecule has 0 aliphatic carbocycles. The summed E-state index contributed by atoms with van der Waals surface area (Å²) in [5, 5.41) is 13.2. The number of furan rings is 1. The summed E-state index contributed by atoms with van der Waals surface area (Å²) in [4.78, 5) is 18.4. The average molecular weight is 329 g/mol. The largest absolute Gasteiger partial charge is 0.467 e. The molecular weight excluding hydrogens is 306 g/mol. The van der Waals surface area contributed by atoms with Crippen molar-refractivity contribution < 1.29 is 14.3 Å². The van der Waals surface area contributed by atoms with E-state index in [-0.39, 0.29) is 12.1 Å². The fourth-order valence-corrected chi connectivity index (χ4v) is 3.18. The minimum absolute atomic E-state index is 0.0311. The van der Waals surface area contributed by atoms with Gasteiger partial charge in [0.1, 0.15) is 11.9 Å². The van der Waals surface area contributed by atoms with Crippen molar-refractivity contribution in [2.75, 3.05) is 6.54 Å². The predicted molar refractivity (Wildman–Crippen MR) is 89.2 cm³/mol. The fraction of sp³-hybridized carbons (Fsp3) is 0.444. The number of hydrogen-bond donors (Lipinski definition) is 2. The smallest absolute Gasteiger partial charge is 0.317 e. The molecule has 0 saturated carbocycles. The third-order valence-electron chi connectivity index (χ3n) is 4.57. The van der Waals surface area contributed by atoms with E-state index < -0.39 is 6.10 Å². The van der Waals surface area contributed by atoms with E-state index in [4.69, 9.17) is 4.42 Å². The van der Waals surface area contributed by atoms with Crippen LogP contribution in [0.4, 0.5) is 4.79 Å². The van der Waals surface area contributed by atoms with Crippen LogP contribution in [0.5, 0.6) is 0 Å². The summed E-state index contributed by atoms with van der Waals surface area (Å²) in [5.74, 6) is 0.551. The first kappa shape index (κ1) is 16.5. The Bertz CT molecular complexity index is 672. The molecule has 2 aromatic rings. The summed E-state index contributed by atoms with van der Waals surface area (Å²) in [5.41, 5.74) is 2.12. The maximum atomic E-state index is 12.5. The van der Waals surface area contributed by atoms with E-state index in [1.807, 2.05) is 17.9 Å². The lowest BCUT2D eigenvalue weighted by Crippen LogP contribution is -2.43. The van der Waals surface area contributed by atoms with E-state index in [1.165, 1.54) is 0 Å². The summed E-state index contributed by atoms with van der Waals surface area (Å²) < 4.78 is 5.24. The molecule has 0 unspecified atom stereocenters. The topological polar surface area (TPSA) is 78.6 Å². The van der Waals surface area contributed by atoms with Crippen molar-refractivity contribution in [3.8, 4) is 0 Å². The zero-order chi connectivity index (χ0) is 16.9. The summed E-state index contributed by atoms with van der Waals surface area (Å²) in [6.45, 7) is 3.18. The summed E-state index contributed by atoms with van der Waals surface area (Å²) >= 11 is 0. The zero-order valence-corrected chi connectivity index (χ0v) is 13.8. The van der Waals surface area contributed by atoms with E-state index in [2.05, 4.69) is 10.3 Å². The molecule has 128 valence electrons. The van der Waals surface area contributed by atoms with Gasteiger partial charge in [-0.3, -0.25) is 4.98 Å². The lowest BCUT2D eigenvalue weighted by molar-refractivity contribution is 0.108. The quantitative estimate of drug-likeness (QED) is 0.884. The SMILES string of the molecule is Cc1cnccc1CNC(=O)N1CCC[C@@H]1C[C@H](O)c1ccco1. The Labute approximate surface area is 141 Å². The molecule has 0 spiro atoms. The van der Waals surface area contributed by atoms with Gasteiger partial charge in [-0.05, 0) is 49.1 Å². The van der Waals surface area contributed by atoms with Crippen LogP contribution in [0.3, 0.4) is 0 Å². The molecule has 2 aromatic heterocycles. The number of aliphatic hydroxyl groups is 1. The van der Waals surface area contributed by atoms with Crippen molar-refractivity contribution in [3.05, 3.63) is 53.7 Å². The van der Waals surface area contributed by atoms with Crippen molar-refractivity contribution >= 4 is 6.03 Å². The van der Waals surface area contributed by atoms with E-state index in [0.29, 0.717) is 18.7 Å². The summed E-state index contributed by atoms with van der Waals surface area (Å²) in [6.07, 6.45) is 6.74. The number of carbonyl (C=O) groups excluding carboxylic acids is 1. The minimum Gasteiger partial charge on any atom is -0.467 e. The van der Waals surface area contributed by atoms with Crippen molar-refractivity contribution in [1.82, 2.24) is 15.2 Å². The first-order valence-corrected chi connectivity index (χ1v) is 8.30. The fourth-order valence-electron chi connectivity index (χ4n) is 3.18. The molecule has 0 radical (unpaired) electrons. The molecule has 1 aliphatic heterocycles. The van der Waals surface area contributed by atoms with E-state index in [9.17, 15) is 9.90 Å². The number of rotatable bonds is 5. The maximum Gasteiger partial charge on any atom is 0.317 e. The summed E-state index contributed by atoms with van der Waals surface area (Å²) in [6, 6.07) is 5.38. The number of aryl methyl sites for hydroxylation is 1. The number of urea groups is 1. The lowest BCUT2D eigenvalue weighted by Gasteiger charge is -2.26.